The van der Waals surface area contributed by atoms with Gasteiger partial charge >= 0.3 is 0 Å². The van der Waals surface area contributed by atoms with Crippen molar-refractivity contribution in [3.8, 4) is 5.75 Å². The number of thioether (sulfide) groups is 1. The van der Waals surface area contributed by atoms with Crippen LogP contribution in [-0.4, -0.2) is 19.9 Å². The van der Waals surface area contributed by atoms with E-state index in [2.05, 4.69) is 47.8 Å². The summed E-state index contributed by atoms with van der Waals surface area (Å²) >= 11 is 1.94. The number of methoxy groups -OCH3 is 1. The number of para-hydroxylation sites is 1. The predicted molar refractivity (Wildman–Crippen MR) is 87.4 cm³/mol. The molecule has 0 saturated carbocycles. The topological polar surface area (TPSA) is 21.3 Å². The van der Waals surface area contributed by atoms with Gasteiger partial charge in [0.2, 0.25) is 0 Å². The van der Waals surface area contributed by atoms with Gasteiger partial charge in [-0.3, -0.25) is 0 Å². The van der Waals surface area contributed by atoms with Crippen molar-refractivity contribution < 1.29 is 4.74 Å². The fourth-order valence-electron chi connectivity index (χ4n) is 2.15. The summed E-state index contributed by atoms with van der Waals surface area (Å²) in [6.07, 6.45) is 0. The van der Waals surface area contributed by atoms with Crippen molar-refractivity contribution in [2.45, 2.75) is 11.8 Å². The lowest BCUT2D eigenvalue weighted by atomic mass is 10.1. The zero-order chi connectivity index (χ0) is 14.2. The van der Waals surface area contributed by atoms with Gasteiger partial charge < -0.3 is 10.1 Å². The lowest BCUT2D eigenvalue weighted by Gasteiger charge is -2.19. The van der Waals surface area contributed by atoms with Crippen molar-refractivity contribution in [1.82, 2.24) is 5.32 Å². The smallest absolute Gasteiger partial charge is 0.123 e. The molecule has 0 saturated heterocycles. The van der Waals surface area contributed by atoms with Crippen LogP contribution in [-0.2, 0) is 5.75 Å². The molecule has 0 spiro atoms. The molecule has 1 unspecified atom stereocenters. The Kier molecular flexibility index (Phi) is 5.96. The molecular formula is C17H21NOS. The van der Waals surface area contributed by atoms with Gasteiger partial charge in [-0.05, 0) is 18.7 Å². The van der Waals surface area contributed by atoms with E-state index >= 15 is 0 Å². The van der Waals surface area contributed by atoms with E-state index in [4.69, 9.17) is 4.74 Å². The van der Waals surface area contributed by atoms with Gasteiger partial charge in [-0.2, -0.15) is 11.8 Å². The van der Waals surface area contributed by atoms with E-state index < -0.39 is 0 Å². The van der Waals surface area contributed by atoms with E-state index in [1.165, 1.54) is 11.1 Å². The molecule has 1 N–H and O–H groups in total. The number of benzene rings is 2. The number of nitrogens with one attached hydrogen (secondary N) is 1. The molecule has 0 heterocycles. The normalized spacial score (nSPS) is 12.1. The van der Waals surface area contributed by atoms with Gasteiger partial charge in [0, 0.05) is 23.1 Å². The molecule has 2 aromatic carbocycles. The van der Waals surface area contributed by atoms with Crippen molar-refractivity contribution in [2.75, 3.05) is 19.9 Å². The highest BCUT2D eigenvalue weighted by Gasteiger charge is 2.13. The number of hydrogen-bond acceptors (Lipinski definition) is 3. The van der Waals surface area contributed by atoms with Gasteiger partial charge in [0.05, 0.1) is 7.11 Å². The second kappa shape index (κ2) is 7.98. The molecule has 0 radical (unpaired) electrons. The van der Waals surface area contributed by atoms with Crippen LogP contribution < -0.4 is 10.1 Å². The third kappa shape index (κ3) is 4.02. The summed E-state index contributed by atoms with van der Waals surface area (Å²) in [5.41, 5.74) is 2.59. The van der Waals surface area contributed by atoms with Gasteiger partial charge in [0.15, 0.2) is 0 Å². The van der Waals surface area contributed by atoms with Gasteiger partial charge in [0.25, 0.3) is 0 Å². The Bertz CT molecular complexity index is 515. The molecule has 0 aliphatic rings. The molecular weight excluding hydrogens is 266 g/mol. The Hall–Kier alpha value is -1.45. The second-order valence-corrected chi connectivity index (χ2v) is 5.61. The van der Waals surface area contributed by atoms with Crippen molar-refractivity contribution in [2.24, 2.45) is 0 Å². The van der Waals surface area contributed by atoms with Crippen molar-refractivity contribution in [3.05, 3.63) is 65.7 Å². The predicted octanol–water partition coefficient (Wildman–Crippen LogP) is 3.89. The molecule has 2 rings (SSSR count). The first kappa shape index (κ1) is 14.9. The lowest BCUT2D eigenvalue weighted by Crippen LogP contribution is -2.19. The van der Waals surface area contributed by atoms with Crippen molar-refractivity contribution in [1.29, 1.82) is 0 Å². The van der Waals surface area contributed by atoms with Crippen LogP contribution in [0.4, 0.5) is 0 Å². The maximum absolute atomic E-state index is 5.44. The minimum atomic E-state index is 0.305. The summed E-state index contributed by atoms with van der Waals surface area (Å²) in [6, 6.07) is 19.1. The van der Waals surface area contributed by atoms with E-state index in [1.807, 2.05) is 30.9 Å². The van der Waals surface area contributed by atoms with Crippen molar-refractivity contribution in [3.63, 3.8) is 0 Å². The third-order valence-corrected chi connectivity index (χ3v) is 4.37. The first-order chi connectivity index (χ1) is 9.85. The van der Waals surface area contributed by atoms with E-state index in [1.54, 1.807) is 7.11 Å². The Morgan fingerprint density at radius 1 is 1.05 bits per heavy atom. The molecule has 0 amide bonds. The van der Waals surface area contributed by atoms with E-state index in [0.717, 1.165) is 17.3 Å². The number of rotatable bonds is 7. The molecule has 3 heteroatoms. The molecule has 1 atom stereocenters. The van der Waals surface area contributed by atoms with Crippen LogP contribution in [0, 0.1) is 0 Å². The molecule has 0 fully saturated rings. The summed E-state index contributed by atoms with van der Waals surface area (Å²) in [5, 5.41) is 3.38. The first-order valence-electron chi connectivity index (χ1n) is 6.77. The average Bonchev–Trinajstić information content (AvgIpc) is 2.53. The zero-order valence-corrected chi connectivity index (χ0v) is 12.8. The van der Waals surface area contributed by atoms with E-state index in [9.17, 15) is 0 Å². The highest BCUT2D eigenvalue weighted by Crippen LogP contribution is 2.28. The molecule has 0 bridgehead atoms. The van der Waals surface area contributed by atoms with Crippen molar-refractivity contribution >= 4 is 11.8 Å². The minimum absolute atomic E-state index is 0.305. The largest absolute Gasteiger partial charge is 0.496 e. The quantitative estimate of drug-likeness (QED) is 0.835. The van der Waals surface area contributed by atoms with E-state index in [0.29, 0.717) is 6.04 Å². The number of ether oxygens (including phenoxy) is 1. The molecule has 0 aromatic heterocycles. The van der Waals surface area contributed by atoms with Gasteiger partial charge in [-0.25, -0.2) is 0 Å². The van der Waals surface area contributed by atoms with Crippen LogP contribution in [0.3, 0.4) is 0 Å². The molecule has 106 valence electrons. The van der Waals surface area contributed by atoms with Crippen LogP contribution in [0.2, 0.25) is 0 Å². The Morgan fingerprint density at radius 3 is 2.45 bits per heavy atom. The molecule has 20 heavy (non-hydrogen) atoms. The number of hydrogen-bond donors (Lipinski definition) is 1. The molecule has 2 nitrogen and oxygen atoms in total. The first-order valence-corrected chi connectivity index (χ1v) is 7.92. The Labute approximate surface area is 125 Å². The summed E-state index contributed by atoms with van der Waals surface area (Å²) in [6.45, 7) is 0. The highest BCUT2D eigenvalue weighted by molar-refractivity contribution is 7.98. The fraction of sp³-hybridized carbons (Fsp3) is 0.294. The summed E-state index contributed by atoms with van der Waals surface area (Å²) < 4.78 is 5.44. The van der Waals surface area contributed by atoms with Crippen LogP contribution in [0.25, 0.3) is 0 Å². The monoisotopic (exact) mass is 287 g/mol. The summed E-state index contributed by atoms with van der Waals surface area (Å²) in [4.78, 5) is 0. The maximum atomic E-state index is 5.44. The van der Waals surface area contributed by atoms with Crippen LogP contribution >= 0.6 is 11.8 Å². The Balaban J connectivity index is 1.95. The van der Waals surface area contributed by atoms with Gasteiger partial charge in [-0.1, -0.05) is 48.5 Å². The summed E-state index contributed by atoms with van der Waals surface area (Å²) in [5.74, 6) is 3.01. The molecule has 0 aliphatic carbocycles. The third-order valence-electron chi connectivity index (χ3n) is 3.26. The minimum Gasteiger partial charge on any atom is -0.496 e. The SMILES string of the molecule is CNC(CSCc1ccccc1)c1ccccc1OC. The van der Waals surface area contributed by atoms with Crippen LogP contribution in [0.1, 0.15) is 17.2 Å². The highest BCUT2D eigenvalue weighted by atomic mass is 32.2. The maximum Gasteiger partial charge on any atom is 0.123 e. The van der Waals surface area contributed by atoms with Crippen LogP contribution in [0.15, 0.2) is 54.6 Å². The van der Waals surface area contributed by atoms with Gasteiger partial charge in [0.1, 0.15) is 5.75 Å². The molecule has 2 aromatic rings. The lowest BCUT2D eigenvalue weighted by molar-refractivity contribution is 0.404. The van der Waals surface area contributed by atoms with Gasteiger partial charge in [-0.15, -0.1) is 0 Å². The molecule has 0 aliphatic heterocycles. The van der Waals surface area contributed by atoms with Crippen LogP contribution in [0.5, 0.6) is 5.75 Å². The fourth-order valence-corrected chi connectivity index (χ4v) is 3.28. The summed E-state index contributed by atoms with van der Waals surface area (Å²) in [7, 11) is 3.73. The average molecular weight is 287 g/mol. The standard InChI is InChI=1S/C17H21NOS/c1-18-16(15-10-6-7-11-17(15)19-2)13-20-12-14-8-4-3-5-9-14/h3-11,16,18H,12-13H2,1-2H3. The van der Waals surface area contributed by atoms with E-state index in [-0.39, 0.29) is 0 Å². The zero-order valence-electron chi connectivity index (χ0n) is 12.0. The second-order valence-electron chi connectivity index (χ2n) is 4.58. The Morgan fingerprint density at radius 2 is 1.75 bits per heavy atom.